The van der Waals surface area contributed by atoms with E-state index in [0.29, 0.717) is 6.42 Å². The molecule has 0 bridgehead atoms. The largest absolute Gasteiger partial charge is 0.396 e. The van der Waals surface area contributed by atoms with Crippen molar-refractivity contribution in [3.8, 4) is 11.8 Å². The highest BCUT2D eigenvalue weighted by molar-refractivity contribution is 6.02. The van der Waals surface area contributed by atoms with Gasteiger partial charge in [-0.25, -0.2) is 4.98 Å². The molecular weight excluding hydrogens is 338 g/mol. The molecule has 138 valence electrons. The van der Waals surface area contributed by atoms with Crippen molar-refractivity contribution in [2.24, 2.45) is 11.8 Å². The van der Waals surface area contributed by atoms with Crippen LogP contribution in [0.25, 0.3) is 5.69 Å². The summed E-state index contributed by atoms with van der Waals surface area (Å²) >= 11 is 0. The monoisotopic (exact) mass is 361 g/mol. The fourth-order valence-corrected chi connectivity index (χ4v) is 4.92. The lowest BCUT2D eigenvalue weighted by atomic mass is 9.58. The van der Waals surface area contributed by atoms with E-state index in [1.165, 1.54) is 0 Å². The van der Waals surface area contributed by atoms with Crippen LogP contribution in [0.15, 0.2) is 42.0 Å². The minimum absolute atomic E-state index is 0.0248. The molecule has 5 nitrogen and oxygen atoms in total. The smallest absolute Gasteiger partial charge is 0.176 e. The van der Waals surface area contributed by atoms with E-state index >= 15 is 0 Å². The molecule has 1 N–H and O–H groups in total. The summed E-state index contributed by atoms with van der Waals surface area (Å²) in [5.74, 6) is 0.718. The summed E-state index contributed by atoms with van der Waals surface area (Å²) in [6.45, 7) is 4.06. The molecule has 2 aliphatic rings. The Labute approximate surface area is 159 Å². The maximum absolute atomic E-state index is 12.5. The average Bonchev–Trinajstić information content (AvgIpc) is 3.05. The molecule has 0 saturated carbocycles. The zero-order chi connectivity index (χ0) is 19.2. The predicted molar refractivity (Wildman–Crippen MR) is 101 cm³/mol. The number of para-hydroxylation sites is 1. The van der Waals surface area contributed by atoms with Gasteiger partial charge in [-0.2, -0.15) is 5.26 Å². The summed E-state index contributed by atoms with van der Waals surface area (Å²) in [7, 11) is 0. The van der Waals surface area contributed by atoms with E-state index in [0.717, 1.165) is 35.7 Å². The van der Waals surface area contributed by atoms with E-state index in [1.54, 1.807) is 0 Å². The lowest BCUT2D eigenvalue weighted by Crippen LogP contribution is -2.45. The van der Waals surface area contributed by atoms with Crippen molar-refractivity contribution in [1.82, 2.24) is 9.55 Å². The van der Waals surface area contributed by atoms with E-state index in [9.17, 15) is 15.2 Å². The second-order valence-electron chi connectivity index (χ2n) is 7.72. The van der Waals surface area contributed by atoms with Crippen LogP contribution in [-0.4, -0.2) is 27.0 Å². The summed E-state index contributed by atoms with van der Waals surface area (Å²) in [4.78, 5) is 17.5. The first-order chi connectivity index (χ1) is 13.0. The van der Waals surface area contributed by atoms with Crippen LogP contribution in [0.1, 0.15) is 37.5 Å². The summed E-state index contributed by atoms with van der Waals surface area (Å²) in [5, 5.41) is 19.0. The highest BCUT2D eigenvalue weighted by Crippen LogP contribution is 2.49. The fraction of sp³-hybridized carbons (Fsp3) is 0.409. The van der Waals surface area contributed by atoms with Crippen LogP contribution in [0.2, 0.25) is 0 Å². The van der Waals surface area contributed by atoms with Gasteiger partial charge in [0.05, 0.1) is 17.9 Å². The number of rotatable bonds is 3. The Hall–Kier alpha value is -2.71. The Bertz CT molecular complexity index is 967. The van der Waals surface area contributed by atoms with E-state index in [2.05, 4.69) is 17.6 Å². The van der Waals surface area contributed by atoms with Crippen LogP contribution in [0, 0.1) is 23.2 Å². The summed E-state index contributed by atoms with van der Waals surface area (Å²) in [6, 6.07) is 12.1. The van der Waals surface area contributed by atoms with Crippen LogP contribution in [0.4, 0.5) is 0 Å². The number of fused-ring (bicyclic) bond motifs is 3. The Kier molecular flexibility index (Phi) is 4.24. The molecule has 1 heterocycles. The number of aliphatic hydroxyl groups excluding tert-OH is 1. The van der Waals surface area contributed by atoms with Gasteiger partial charge in [-0.1, -0.05) is 38.1 Å². The van der Waals surface area contributed by atoms with Gasteiger partial charge in [-0.3, -0.25) is 4.79 Å². The number of imidazole rings is 1. The van der Waals surface area contributed by atoms with Gasteiger partial charge < -0.3 is 9.67 Å². The van der Waals surface area contributed by atoms with Crippen LogP contribution < -0.4 is 0 Å². The highest BCUT2D eigenvalue weighted by atomic mass is 16.3. The Balaban J connectivity index is 1.95. The van der Waals surface area contributed by atoms with Crippen molar-refractivity contribution < 1.29 is 9.90 Å². The number of carbonyl (C=O) groups excluding carboxylic acids is 1. The minimum Gasteiger partial charge on any atom is -0.396 e. The zero-order valence-corrected chi connectivity index (χ0v) is 15.6. The Morgan fingerprint density at radius 1 is 1.37 bits per heavy atom. The first kappa shape index (κ1) is 17.7. The number of carbonyl (C=O) groups is 1. The van der Waals surface area contributed by atoms with Gasteiger partial charge in [0.25, 0.3) is 0 Å². The summed E-state index contributed by atoms with van der Waals surface area (Å²) in [5.41, 5.74) is 2.89. The van der Waals surface area contributed by atoms with Crippen molar-refractivity contribution in [3.63, 3.8) is 0 Å². The molecule has 2 aliphatic carbocycles. The Morgan fingerprint density at radius 2 is 2.11 bits per heavy atom. The summed E-state index contributed by atoms with van der Waals surface area (Å²) in [6.07, 6.45) is 4.01. The van der Waals surface area contributed by atoms with Gasteiger partial charge >= 0.3 is 0 Å². The topological polar surface area (TPSA) is 78.9 Å². The van der Waals surface area contributed by atoms with Gasteiger partial charge in [0.15, 0.2) is 5.78 Å². The number of hydrogen-bond acceptors (Lipinski definition) is 4. The van der Waals surface area contributed by atoms with Crippen molar-refractivity contribution in [1.29, 1.82) is 5.26 Å². The number of nitriles is 1. The van der Waals surface area contributed by atoms with Crippen molar-refractivity contribution in [2.75, 3.05) is 6.61 Å². The van der Waals surface area contributed by atoms with Crippen LogP contribution >= 0.6 is 0 Å². The third-order valence-electron chi connectivity index (χ3n) is 6.21. The van der Waals surface area contributed by atoms with Crippen molar-refractivity contribution in [2.45, 2.75) is 38.5 Å². The first-order valence-corrected chi connectivity index (χ1v) is 9.45. The summed E-state index contributed by atoms with van der Waals surface area (Å²) < 4.78 is 2.15. The molecule has 1 aromatic heterocycles. The minimum atomic E-state index is -0.448. The highest BCUT2D eigenvalue weighted by Gasteiger charge is 2.50. The second kappa shape index (κ2) is 6.47. The quantitative estimate of drug-likeness (QED) is 0.912. The van der Waals surface area contributed by atoms with Gasteiger partial charge in [0.1, 0.15) is 11.9 Å². The van der Waals surface area contributed by atoms with Gasteiger partial charge in [0.2, 0.25) is 0 Å². The maximum Gasteiger partial charge on any atom is 0.176 e. The molecule has 2 aromatic rings. The van der Waals surface area contributed by atoms with E-state index in [-0.39, 0.29) is 29.8 Å². The van der Waals surface area contributed by atoms with E-state index in [1.807, 2.05) is 43.3 Å². The molecule has 0 saturated heterocycles. The average molecular weight is 361 g/mol. The third kappa shape index (κ3) is 2.55. The fourth-order valence-electron chi connectivity index (χ4n) is 4.92. The molecular formula is C22H23N3O2. The number of nitrogens with zero attached hydrogens (tertiary/aromatic N) is 3. The van der Waals surface area contributed by atoms with Crippen LogP contribution in [0.3, 0.4) is 0 Å². The Morgan fingerprint density at radius 3 is 2.78 bits per heavy atom. The lowest BCUT2D eigenvalue weighted by Gasteiger charge is -2.44. The standard InChI is InChI=1S/C22H23N3O2/c1-14-17-8-9-18-21(22(17,2)12-15(13-23)20(14)27)24-19(10-11-26)25(18)16-6-4-3-5-7-16/h3-7,12,14,17,26H,8-11H2,1-2H3/t14-,17?,22-/m0/s1. The SMILES string of the molecule is C[C@@H]1C(=O)C(C#N)=C[C@]2(C)c3nc(CCO)n(-c4ccccc4)c3CCC12. The number of Topliss-reactive ketones (excluding diaryl/α,β-unsaturated/α-hetero) is 1. The van der Waals surface area contributed by atoms with E-state index in [4.69, 9.17) is 4.98 Å². The number of allylic oxidation sites excluding steroid dienone is 2. The molecule has 0 fully saturated rings. The molecule has 1 aromatic carbocycles. The number of ketones is 1. The maximum atomic E-state index is 12.5. The zero-order valence-electron chi connectivity index (χ0n) is 15.6. The number of aromatic nitrogens is 2. The van der Waals surface area contributed by atoms with Gasteiger partial charge in [0, 0.05) is 29.1 Å². The first-order valence-electron chi connectivity index (χ1n) is 9.45. The lowest BCUT2D eigenvalue weighted by molar-refractivity contribution is -0.121. The molecule has 0 radical (unpaired) electrons. The van der Waals surface area contributed by atoms with E-state index < -0.39 is 5.41 Å². The molecule has 0 spiro atoms. The molecule has 27 heavy (non-hydrogen) atoms. The molecule has 5 heteroatoms. The van der Waals surface area contributed by atoms with Gasteiger partial charge in [-0.15, -0.1) is 0 Å². The molecule has 1 unspecified atom stereocenters. The van der Waals surface area contributed by atoms with Crippen molar-refractivity contribution in [3.05, 3.63) is 59.2 Å². The van der Waals surface area contributed by atoms with Crippen LogP contribution in [0.5, 0.6) is 0 Å². The number of aliphatic hydroxyl groups is 1. The predicted octanol–water partition coefficient (Wildman–Crippen LogP) is 2.90. The molecule has 4 rings (SSSR count). The normalized spacial score (nSPS) is 26.7. The molecule has 0 aliphatic heterocycles. The second-order valence-corrected chi connectivity index (χ2v) is 7.72. The molecule has 3 atom stereocenters. The van der Waals surface area contributed by atoms with Crippen LogP contribution in [-0.2, 0) is 23.1 Å². The third-order valence-corrected chi connectivity index (χ3v) is 6.21. The number of benzene rings is 1. The van der Waals surface area contributed by atoms with Crippen molar-refractivity contribution >= 4 is 5.78 Å². The molecule has 0 amide bonds. The van der Waals surface area contributed by atoms with Gasteiger partial charge in [-0.05, 0) is 30.9 Å². The number of hydrogen-bond donors (Lipinski definition) is 1.